The summed E-state index contributed by atoms with van der Waals surface area (Å²) >= 11 is 1.67. The highest BCUT2D eigenvalue weighted by Crippen LogP contribution is 2.48. The average molecular weight is 630 g/mol. The van der Waals surface area contributed by atoms with E-state index in [1.165, 1.54) is 31.4 Å². The fraction of sp³-hybridized carbons (Fsp3) is 0.300. The summed E-state index contributed by atoms with van der Waals surface area (Å²) in [7, 11) is 1.73. The van der Waals surface area contributed by atoms with Crippen molar-refractivity contribution in [1.29, 1.82) is 0 Å². The van der Waals surface area contributed by atoms with Crippen molar-refractivity contribution in [2.45, 2.75) is 59.0 Å². The standard InChI is InChI=1S/C40H43N3O2S/c1-8-10-27-43(28-11-9-2)33-22-21-31(37(29-33)44-7)17-15-16-20-34-23-24-35(46-34)25-26-36-38(42-6)39(30(3)41-5)45-40(36,4)32-18-13-12-14-19-32/h12-26,29H,8-11,27-28H2,1-4,7H3/b17-15+,20-16+,26-25+,39-30+. The molecule has 0 radical (unpaired) electrons. The lowest BCUT2D eigenvalue weighted by Gasteiger charge is -2.28. The highest BCUT2D eigenvalue weighted by atomic mass is 32.1. The number of thiophene rings is 1. The summed E-state index contributed by atoms with van der Waals surface area (Å²) in [6.07, 6.45) is 17.0. The Morgan fingerprint density at radius 2 is 1.59 bits per heavy atom. The summed E-state index contributed by atoms with van der Waals surface area (Å²) in [6, 6.07) is 20.5. The van der Waals surface area contributed by atoms with Crippen LogP contribution in [0.3, 0.4) is 0 Å². The third kappa shape index (κ3) is 8.08. The Kier molecular flexibility index (Phi) is 12.2. The molecule has 236 valence electrons. The van der Waals surface area contributed by atoms with Crippen LogP contribution in [0.25, 0.3) is 27.9 Å². The average Bonchev–Trinajstić information content (AvgIpc) is 3.67. The summed E-state index contributed by atoms with van der Waals surface area (Å²) in [6.45, 7) is 25.7. The summed E-state index contributed by atoms with van der Waals surface area (Å²) in [4.78, 5) is 12.0. The van der Waals surface area contributed by atoms with Gasteiger partial charge in [0.25, 0.3) is 0 Å². The van der Waals surface area contributed by atoms with Crippen molar-refractivity contribution in [1.82, 2.24) is 0 Å². The SMILES string of the molecule is [C-]#[N+]C1=C(/C=C/c2ccc(/C=C/C=C/c3ccc(N(CCCC)CCCC)cc3OC)s2)C(C)(c2ccccc2)O/C1=C(\C)[N+]#[C-]. The molecule has 0 saturated carbocycles. The van der Waals surface area contributed by atoms with Crippen LogP contribution < -0.4 is 9.64 Å². The number of ether oxygens (including phenoxy) is 2. The second-order valence-electron chi connectivity index (χ2n) is 11.3. The van der Waals surface area contributed by atoms with Crippen LogP contribution in [0, 0.1) is 13.1 Å². The second kappa shape index (κ2) is 16.5. The van der Waals surface area contributed by atoms with Gasteiger partial charge in [0, 0.05) is 45.7 Å². The topological polar surface area (TPSA) is 30.4 Å². The number of anilines is 1. The third-order valence-corrected chi connectivity index (χ3v) is 9.09. The molecule has 4 rings (SSSR count). The number of hydrogen-bond acceptors (Lipinski definition) is 4. The quantitative estimate of drug-likeness (QED) is 0.131. The van der Waals surface area contributed by atoms with Gasteiger partial charge in [-0.15, -0.1) is 11.3 Å². The van der Waals surface area contributed by atoms with Crippen LogP contribution in [0.2, 0.25) is 0 Å². The minimum atomic E-state index is -0.869. The van der Waals surface area contributed by atoms with Gasteiger partial charge in [-0.25, -0.2) is 9.69 Å². The number of methoxy groups -OCH3 is 1. The number of benzene rings is 2. The fourth-order valence-corrected chi connectivity index (χ4v) is 6.22. The molecule has 0 saturated heterocycles. The molecule has 0 fully saturated rings. The molecule has 3 aromatic rings. The van der Waals surface area contributed by atoms with Crippen LogP contribution in [0.15, 0.2) is 102 Å². The van der Waals surface area contributed by atoms with E-state index in [9.17, 15) is 0 Å². The lowest BCUT2D eigenvalue weighted by Crippen LogP contribution is -2.25. The van der Waals surface area contributed by atoms with Gasteiger partial charge >= 0.3 is 0 Å². The van der Waals surface area contributed by atoms with Gasteiger partial charge in [-0.2, -0.15) is 0 Å². The van der Waals surface area contributed by atoms with Crippen molar-refractivity contribution < 1.29 is 9.47 Å². The number of rotatable bonds is 14. The molecule has 46 heavy (non-hydrogen) atoms. The first kappa shape index (κ1) is 34.1. The summed E-state index contributed by atoms with van der Waals surface area (Å²) < 4.78 is 12.1. The van der Waals surface area contributed by atoms with Crippen LogP contribution in [0.1, 0.15) is 74.3 Å². The predicted octanol–water partition coefficient (Wildman–Crippen LogP) is 11.2. The summed E-state index contributed by atoms with van der Waals surface area (Å²) in [5.41, 5.74) is 3.83. The Morgan fingerprint density at radius 1 is 0.913 bits per heavy atom. The third-order valence-electron chi connectivity index (χ3n) is 8.08. The summed E-state index contributed by atoms with van der Waals surface area (Å²) in [5.74, 6) is 1.23. The van der Waals surface area contributed by atoms with Gasteiger partial charge in [0.2, 0.25) is 5.70 Å². The van der Waals surface area contributed by atoms with E-state index in [2.05, 4.69) is 70.9 Å². The molecule has 0 N–H and O–H groups in total. The highest BCUT2D eigenvalue weighted by Gasteiger charge is 2.42. The molecule has 1 aliphatic heterocycles. The predicted molar refractivity (Wildman–Crippen MR) is 194 cm³/mol. The summed E-state index contributed by atoms with van der Waals surface area (Å²) in [5, 5.41) is 0. The van der Waals surface area contributed by atoms with Gasteiger partial charge in [-0.1, -0.05) is 81.3 Å². The maximum Gasteiger partial charge on any atom is 0.224 e. The number of hydrogen-bond donors (Lipinski definition) is 0. The van der Waals surface area contributed by atoms with Crippen LogP contribution in [0.5, 0.6) is 5.75 Å². The molecule has 0 spiro atoms. The molecule has 0 amide bonds. The van der Waals surface area contributed by atoms with Crippen LogP contribution >= 0.6 is 11.3 Å². The van der Waals surface area contributed by atoms with Gasteiger partial charge in [-0.05, 0) is 68.7 Å². The second-order valence-corrected chi connectivity index (χ2v) is 12.5. The Hall–Kier alpha value is -4.78. The van der Waals surface area contributed by atoms with E-state index in [4.69, 9.17) is 22.6 Å². The first-order valence-electron chi connectivity index (χ1n) is 15.9. The van der Waals surface area contributed by atoms with Gasteiger partial charge in [-0.3, -0.25) is 0 Å². The Balaban J connectivity index is 1.51. The lowest BCUT2D eigenvalue weighted by atomic mass is 9.87. The van der Waals surface area contributed by atoms with Gasteiger partial charge in [0.1, 0.15) is 17.1 Å². The van der Waals surface area contributed by atoms with Crippen LogP contribution in [0.4, 0.5) is 5.69 Å². The zero-order chi connectivity index (χ0) is 32.9. The molecule has 1 aromatic heterocycles. The van der Waals surface area contributed by atoms with E-state index in [1.54, 1.807) is 25.4 Å². The van der Waals surface area contributed by atoms with E-state index in [-0.39, 0.29) is 0 Å². The molecule has 5 nitrogen and oxygen atoms in total. The number of nitrogens with zero attached hydrogens (tertiary/aromatic N) is 3. The smallest absolute Gasteiger partial charge is 0.224 e. The van der Waals surface area contributed by atoms with Crippen LogP contribution in [-0.2, 0) is 10.3 Å². The van der Waals surface area contributed by atoms with E-state index in [0.29, 0.717) is 17.2 Å². The number of unbranched alkanes of at least 4 members (excludes halogenated alkanes) is 2. The molecular weight excluding hydrogens is 587 g/mol. The molecule has 0 aliphatic carbocycles. The maximum atomic E-state index is 7.91. The molecule has 1 unspecified atom stereocenters. The normalized spacial score (nSPS) is 17.5. The molecule has 1 atom stereocenters. The van der Waals surface area contributed by atoms with Gasteiger partial charge < -0.3 is 14.4 Å². The van der Waals surface area contributed by atoms with Gasteiger partial charge in [0.15, 0.2) is 5.70 Å². The van der Waals surface area contributed by atoms with Crippen molar-refractivity contribution in [3.63, 3.8) is 0 Å². The minimum Gasteiger partial charge on any atom is -0.502 e. The Labute approximate surface area is 279 Å². The molecular formula is C40H43N3O2S. The largest absolute Gasteiger partial charge is 0.502 e. The van der Waals surface area contributed by atoms with Crippen molar-refractivity contribution in [2.75, 3.05) is 25.1 Å². The molecule has 0 bridgehead atoms. The fourth-order valence-electron chi connectivity index (χ4n) is 5.40. The zero-order valence-corrected chi connectivity index (χ0v) is 28.4. The van der Waals surface area contributed by atoms with E-state index >= 15 is 0 Å². The van der Waals surface area contributed by atoms with E-state index in [0.717, 1.165) is 45.3 Å². The first-order valence-corrected chi connectivity index (χ1v) is 16.7. The Morgan fingerprint density at radius 3 is 2.22 bits per heavy atom. The van der Waals surface area contributed by atoms with Crippen LogP contribution in [-0.4, -0.2) is 20.2 Å². The zero-order valence-electron chi connectivity index (χ0n) is 27.5. The van der Waals surface area contributed by atoms with Crippen molar-refractivity contribution in [3.05, 3.63) is 145 Å². The molecule has 6 heteroatoms. The Bertz CT molecular complexity index is 1720. The van der Waals surface area contributed by atoms with Crippen molar-refractivity contribution in [3.8, 4) is 5.75 Å². The minimum absolute atomic E-state index is 0.356. The highest BCUT2D eigenvalue weighted by molar-refractivity contribution is 7.13. The monoisotopic (exact) mass is 629 g/mol. The van der Waals surface area contributed by atoms with E-state index in [1.807, 2.05) is 61.6 Å². The van der Waals surface area contributed by atoms with E-state index < -0.39 is 5.60 Å². The van der Waals surface area contributed by atoms with Crippen molar-refractivity contribution >= 4 is 35.3 Å². The first-order chi connectivity index (χ1) is 22.4. The van der Waals surface area contributed by atoms with Crippen molar-refractivity contribution in [2.24, 2.45) is 0 Å². The van der Waals surface area contributed by atoms with Gasteiger partial charge in [0.05, 0.1) is 20.3 Å². The number of allylic oxidation sites excluding steroid dienone is 3. The molecule has 2 aromatic carbocycles. The molecule has 2 heterocycles. The maximum absolute atomic E-state index is 7.91. The lowest BCUT2D eigenvalue weighted by molar-refractivity contribution is 0.0748. The molecule has 1 aliphatic rings.